The number of unbranched alkanes of at least 4 members (excludes halogenated alkanes) is 1. The monoisotopic (exact) mass is 210 g/mol. The molecule has 0 aliphatic rings. The van der Waals surface area contributed by atoms with Crippen LogP contribution in [0, 0.1) is 0 Å². The molecule has 0 radical (unpaired) electrons. The van der Waals surface area contributed by atoms with Crippen LogP contribution in [0.2, 0.25) is 0 Å². The lowest BCUT2D eigenvalue weighted by molar-refractivity contribution is -0.145. The summed E-state index contributed by atoms with van der Waals surface area (Å²) >= 11 is 0. The Bertz CT molecular complexity index is 327. The molecule has 82 valence electrons. The fourth-order valence-electron chi connectivity index (χ4n) is 1.08. The standard InChI is InChI=1S/C11H14O4/c1-2-3-4-11(13)14-8-10-6-5-9(7-12)15-10/h5-7H,2-4,8H2,1H3. The van der Waals surface area contributed by atoms with E-state index in [0.29, 0.717) is 18.5 Å². The molecule has 0 bridgehead atoms. The summed E-state index contributed by atoms with van der Waals surface area (Å²) in [7, 11) is 0. The van der Waals surface area contributed by atoms with Crippen LogP contribution in [-0.2, 0) is 16.1 Å². The highest BCUT2D eigenvalue weighted by Crippen LogP contribution is 2.08. The molecule has 0 atom stereocenters. The molecule has 0 unspecified atom stereocenters. The third-order valence-electron chi connectivity index (χ3n) is 1.91. The van der Waals surface area contributed by atoms with E-state index in [-0.39, 0.29) is 18.3 Å². The van der Waals surface area contributed by atoms with Crippen molar-refractivity contribution in [3.05, 3.63) is 23.7 Å². The van der Waals surface area contributed by atoms with E-state index in [9.17, 15) is 9.59 Å². The number of aldehydes is 1. The first kappa shape index (κ1) is 11.5. The Hall–Kier alpha value is -1.58. The summed E-state index contributed by atoms with van der Waals surface area (Å²) < 4.78 is 9.98. The third kappa shape index (κ3) is 3.97. The van der Waals surface area contributed by atoms with E-state index in [1.165, 1.54) is 0 Å². The predicted molar refractivity (Wildman–Crippen MR) is 53.4 cm³/mol. The van der Waals surface area contributed by atoms with Gasteiger partial charge >= 0.3 is 5.97 Å². The molecule has 0 N–H and O–H groups in total. The van der Waals surface area contributed by atoms with Gasteiger partial charge in [-0.3, -0.25) is 9.59 Å². The maximum Gasteiger partial charge on any atom is 0.306 e. The van der Waals surface area contributed by atoms with Crippen molar-refractivity contribution in [2.24, 2.45) is 0 Å². The summed E-state index contributed by atoms with van der Waals surface area (Å²) in [5.74, 6) is 0.498. The largest absolute Gasteiger partial charge is 0.457 e. The van der Waals surface area contributed by atoms with E-state index in [4.69, 9.17) is 9.15 Å². The lowest BCUT2D eigenvalue weighted by Crippen LogP contribution is -2.03. The summed E-state index contributed by atoms with van der Waals surface area (Å²) in [6.07, 6.45) is 2.84. The molecule has 0 aromatic carbocycles. The number of hydrogen-bond donors (Lipinski definition) is 0. The summed E-state index contributed by atoms with van der Waals surface area (Å²) in [5.41, 5.74) is 0. The zero-order valence-electron chi connectivity index (χ0n) is 8.69. The summed E-state index contributed by atoms with van der Waals surface area (Å²) in [4.78, 5) is 21.4. The van der Waals surface area contributed by atoms with Crippen molar-refractivity contribution in [3.63, 3.8) is 0 Å². The van der Waals surface area contributed by atoms with E-state index < -0.39 is 0 Å². The van der Waals surface area contributed by atoms with Crippen molar-refractivity contribution in [1.82, 2.24) is 0 Å². The lowest BCUT2D eigenvalue weighted by Gasteiger charge is -2.01. The quantitative estimate of drug-likeness (QED) is 0.534. The minimum atomic E-state index is -0.235. The number of hydrogen-bond acceptors (Lipinski definition) is 4. The fraction of sp³-hybridized carbons (Fsp3) is 0.455. The van der Waals surface area contributed by atoms with Gasteiger partial charge in [0.25, 0.3) is 0 Å². The van der Waals surface area contributed by atoms with Crippen molar-refractivity contribution >= 4 is 12.3 Å². The van der Waals surface area contributed by atoms with Crippen LogP contribution in [0.3, 0.4) is 0 Å². The van der Waals surface area contributed by atoms with Crippen molar-refractivity contribution in [1.29, 1.82) is 0 Å². The van der Waals surface area contributed by atoms with Crippen LogP contribution in [0.1, 0.15) is 42.5 Å². The molecule has 0 aliphatic carbocycles. The van der Waals surface area contributed by atoms with Gasteiger partial charge in [0, 0.05) is 6.42 Å². The molecule has 4 heteroatoms. The lowest BCUT2D eigenvalue weighted by atomic mass is 10.2. The van der Waals surface area contributed by atoms with Gasteiger partial charge in [0.2, 0.25) is 0 Å². The first-order valence-corrected chi connectivity index (χ1v) is 4.95. The van der Waals surface area contributed by atoms with Crippen LogP contribution >= 0.6 is 0 Å². The maximum atomic E-state index is 11.1. The highest BCUT2D eigenvalue weighted by atomic mass is 16.5. The number of esters is 1. The van der Waals surface area contributed by atoms with Crippen molar-refractivity contribution < 1.29 is 18.7 Å². The zero-order chi connectivity index (χ0) is 11.1. The Balaban J connectivity index is 2.30. The highest BCUT2D eigenvalue weighted by Gasteiger charge is 2.05. The highest BCUT2D eigenvalue weighted by molar-refractivity contribution is 5.70. The summed E-state index contributed by atoms with van der Waals surface area (Å²) in [6.45, 7) is 2.10. The van der Waals surface area contributed by atoms with Crippen LogP contribution in [0.25, 0.3) is 0 Å². The van der Waals surface area contributed by atoms with Crippen LogP contribution < -0.4 is 0 Å². The molecule has 1 heterocycles. The number of carbonyl (C=O) groups is 2. The SMILES string of the molecule is CCCCC(=O)OCc1ccc(C=O)o1. The Kier molecular flexibility index (Phi) is 4.60. The minimum Gasteiger partial charge on any atom is -0.457 e. The molecule has 1 rings (SSSR count). The Morgan fingerprint density at radius 2 is 2.33 bits per heavy atom. The number of ether oxygens (including phenoxy) is 1. The molecular formula is C11H14O4. The normalized spacial score (nSPS) is 9.93. The van der Waals surface area contributed by atoms with Gasteiger partial charge in [-0.25, -0.2) is 0 Å². The van der Waals surface area contributed by atoms with Crippen LogP contribution in [0.15, 0.2) is 16.5 Å². The molecule has 0 fully saturated rings. The van der Waals surface area contributed by atoms with Gasteiger partial charge in [-0.15, -0.1) is 0 Å². The molecule has 0 amide bonds. The second kappa shape index (κ2) is 6.01. The second-order valence-electron chi connectivity index (χ2n) is 3.19. The predicted octanol–water partition coefficient (Wildman–Crippen LogP) is 2.33. The topological polar surface area (TPSA) is 56.5 Å². The van der Waals surface area contributed by atoms with Gasteiger partial charge in [-0.2, -0.15) is 0 Å². The smallest absolute Gasteiger partial charge is 0.306 e. The van der Waals surface area contributed by atoms with Crippen molar-refractivity contribution in [2.75, 3.05) is 0 Å². The Morgan fingerprint density at radius 3 is 2.93 bits per heavy atom. The van der Waals surface area contributed by atoms with Crippen molar-refractivity contribution in [3.8, 4) is 0 Å². The number of rotatable bonds is 6. The Morgan fingerprint density at radius 1 is 1.53 bits per heavy atom. The minimum absolute atomic E-state index is 0.0936. The van der Waals surface area contributed by atoms with Gasteiger partial charge < -0.3 is 9.15 Å². The van der Waals surface area contributed by atoms with Gasteiger partial charge in [0.1, 0.15) is 12.4 Å². The molecular weight excluding hydrogens is 196 g/mol. The molecule has 1 aromatic heterocycles. The van der Waals surface area contributed by atoms with E-state index in [1.54, 1.807) is 12.1 Å². The molecule has 0 saturated carbocycles. The first-order chi connectivity index (χ1) is 7.26. The molecule has 0 spiro atoms. The van der Waals surface area contributed by atoms with Crippen molar-refractivity contribution in [2.45, 2.75) is 32.8 Å². The molecule has 1 aromatic rings. The van der Waals surface area contributed by atoms with Crippen LogP contribution in [0.4, 0.5) is 0 Å². The third-order valence-corrected chi connectivity index (χ3v) is 1.91. The number of carbonyl (C=O) groups excluding carboxylic acids is 2. The van der Waals surface area contributed by atoms with Crippen LogP contribution in [0.5, 0.6) is 0 Å². The molecule has 15 heavy (non-hydrogen) atoms. The van der Waals surface area contributed by atoms with E-state index in [1.807, 2.05) is 6.92 Å². The first-order valence-electron chi connectivity index (χ1n) is 4.95. The molecule has 4 nitrogen and oxygen atoms in total. The zero-order valence-corrected chi connectivity index (χ0v) is 8.69. The number of furan rings is 1. The van der Waals surface area contributed by atoms with Crippen LogP contribution in [-0.4, -0.2) is 12.3 Å². The maximum absolute atomic E-state index is 11.1. The van der Waals surface area contributed by atoms with E-state index in [0.717, 1.165) is 12.8 Å². The Labute approximate surface area is 88.2 Å². The average molecular weight is 210 g/mol. The molecule has 0 saturated heterocycles. The summed E-state index contributed by atoms with van der Waals surface area (Å²) in [5, 5.41) is 0. The van der Waals surface area contributed by atoms with Gasteiger partial charge in [-0.1, -0.05) is 13.3 Å². The fourth-order valence-corrected chi connectivity index (χ4v) is 1.08. The summed E-state index contributed by atoms with van der Waals surface area (Å²) in [6, 6.07) is 3.17. The van der Waals surface area contributed by atoms with Gasteiger partial charge in [0.05, 0.1) is 0 Å². The van der Waals surface area contributed by atoms with Gasteiger partial charge in [-0.05, 0) is 18.6 Å². The molecule has 0 aliphatic heterocycles. The van der Waals surface area contributed by atoms with Gasteiger partial charge in [0.15, 0.2) is 12.0 Å². The van der Waals surface area contributed by atoms with E-state index >= 15 is 0 Å². The second-order valence-corrected chi connectivity index (χ2v) is 3.19. The average Bonchev–Trinajstić information content (AvgIpc) is 2.71. The van der Waals surface area contributed by atoms with E-state index in [2.05, 4.69) is 0 Å².